The summed E-state index contributed by atoms with van der Waals surface area (Å²) in [7, 11) is 0. The van der Waals surface area contributed by atoms with Gasteiger partial charge in [-0.05, 0) is 42.5 Å². The molecule has 5 aromatic rings. The number of aromatic hydroxyl groups is 1. The summed E-state index contributed by atoms with van der Waals surface area (Å²) in [6.07, 6.45) is 1.77. The number of benzene rings is 2. The molecule has 0 saturated heterocycles. The first-order valence-electron chi connectivity index (χ1n) is 9.51. The summed E-state index contributed by atoms with van der Waals surface area (Å²) in [6, 6.07) is 23.0. The molecule has 2 aromatic carbocycles. The van der Waals surface area contributed by atoms with E-state index in [1.165, 1.54) is 0 Å². The summed E-state index contributed by atoms with van der Waals surface area (Å²) >= 11 is 0. The van der Waals surface area contributed by atoms with Crippen LogP contribution in [0.3, 0.4) is 0 Å². The zero-order valence-electron chi connectivity index (χ0n) is 15.9. The molecule has 0 aliphatic heterocycles. The Bertz CT molecular complexity index is 1420. The molecule has 5 rings (SSSR count). The summed E-state index contributed by atoms with van der Waals surface area (Å²) in [5, 5.41) is 25.1. The fourth-order valence-corrected chi connectivity index (χ4v) is 3.64. The number of para-hydroxylation sites is 1. The maximum Gasteiger partial charge on any atom is 0.199 e. The number of rotatable bonds is 4. The highest BCUT2D eigenvalue weighted by Gasteiger charge is 2.17. The van der Waals surface area contributed by atoms with E-state index >= 15 is 0 Å². The minimum absolute atomic E-state index is 0.0264. The van der Waals surface area contributed by atoms with Crippen molar-refractivity contribution in [1.29, 1.82) is 5.26 Å². The van der Waals surface area contributed by atoms with E-state index in [0.29, 0.717) is 23.4 Å². The third kappa shape index (κ3) is 3.09. The van der Waals surface area contributed by atoms with E-state index in [1.807, 2.05) is 48.5 Å². The first kappa shape index (κ1) is 17.7. The molecule has 30 heavy (non-hydrogen) atoms. The molecule has 3 aromatic heterocycles. The number of nitrogens with zero attached hydrogens (tertiary/aromatic N) is 3. The molecular formula is C24H17N5O. The van der Waals surface area contributed by atoms with Gasteiger partial charge in [0, 0.05) is 28.2 Å². The number of aromatic amines is 1. The minimum Gasteiger partial charge on any atom is -0.494 e. The van der Waals surface area contributed by atoms with Gasteiger partial charge >= 0.3 is 0 Å². The number of hydrogen-bond acceptors (Lipinski definition) is 5. The monoisotopic (exact) mass is 391 g/mol. The molecule has 3 heterocycles. The molecule has 6 nitrogen and oxygen atoms in total. The van der Waals surface area contributed by atoms with Gasteiger partial charge in [-0.25, -0.2) is 4.98 Å². The van der Waals surface area contributed by atoms with Gasteiger partial charge in [0.05, 0.1) is 40.6 Å². The van der Waals surface area contributed by atoms with Gasteiger partial charge in [0.25, 0.3) is 0 Å². The molecule has 0 spiro atoms. The molecule has 0 aliphatic carbocycles. The fraction of sp³-hybridized carbons (Fsp3) is 0.0417. The van der Waals surface area contributed by atoms with E-state index in [2.05, 4.69) is 21.4 Å². The van der Waals surface area contributed by atoms with Crippen LogP contribution in [-0.2, 0) is 6.54 Å². The smallest absolute Gasteiger partial charge is 0.199 e. The SMILES string of the molecule is N#Cc1ccc2[nH]c(O)c(-c3cc(NCc4ccccn4)c4ccccc4n3)c2c1. The summed E-state index contributed by atoms with van der Waals surface area (Å²) in [5.41, 5.74) is 5.10. The standard InChI is InChI=1S/C24H17N5O/c25-13-15-8-9-20-18(11-15)23(24(30)29-20)22-12-21(17-6-1-2-7-19(17)28-22)27-14-16-5-3-4-10-26-16/h1-12,29-30H,14H2,(H,27,28). The predicted molar refractivity (Wildman–Crippen MR) is 117 cm³/mol. The van der Waals surface area contributed by atoms with Crippen molar-refractivity contribution in [2.75, 3.05) is 5.32 Å². The van der Waals surface area contributed by atoms with Crippen LogP contribution in [0.2, 0.25) is 0 Å². The van der Waals surface area contributed by atoms with Crippen molar-refractivity contribution in [3.05, 3.63) is 84.2 Å². The Hall–Kier alpha value is -4.37. The number of fused-ring (bicyclic) bond motifs is 2. The highest BCUT2D eigenvalue weighted by molar-refractivity contribution is 6.02. The Labute approximate surface area is 172 Å². The molecule has 0 fully saturated rings. The average molecular weight is 391 g/mol. The van der Waals surface area contributed by atoms with Crippen LogP contribution in [0.5, 0.6) is 5.88 Å². The molecule has 0 radical (unpaired) electrons. The number of aromatic nitrogens is 3. The molecule has 0 atom stereocenters. The van der Waals surface area contributed by atoms with Gasteiger partial charge in [-0.1, -0.05) is 24.3 Å². The molecule has 144 valence electrons. The third-order valence-corrected chi connectivity index (χ3v) is 5.07. The second-order valence-electron chi connectivity index (χ2n) is 6.97. The van der Waals surface area contributed by atoms with Crippen molar-refractivity contribution >= 4 is 27.5 Å². The second-order valence-corrected chi connectivity index (χ2v) is 6.97. The Morgan fingerprint density at radius 1 is 1.00 bits per heavy atom. The van der Waals surface area contributed by atoms with Gasteiger partial charge in [0.2, 0.25) is 0 Å². The van der Waals surface area contributed by atoms with E-state index in [0.717, 1.165) is 33.2 Å². The van der Waals surface area contributed by atoms with E-state index in [4.69, 9.17) is 4.98 Å². The van der Waals surface area contributed by atoms with Gasteiger partial charge in [0.1, 0.15) is 0 Å². The first-order chi connectivity index (χ1) is 14.7. The maximum atomic E-state index is 10.6. The van der Waals surface area contributed by atoms with E-state index in [-0.39, 0.29) is 5.88 Å². The zero-order chi connectivity index (χ0) is 20.5. The number of nitriles is 1. The molecular weight excluding hydrogens is 374 g/mol. The van der Waals surface area contributed by atoms with Crippen molar-refractivity contribution < 1.29 is 5.11 Å². The topological polar surface area (TPSA) is 97.6 Å². The first-order valence-corrected chi connectivity index (χ1v) is 9.51. The molecule has 0 bridgehead atoms. The summed E-state index contributed by atoms with van der Waals surface area (Å²) < 4.78 is 0. The molecule has 0 saturated carbocycles. The molecule has 0 amide bonds. The zero-order valence-corrected chi connectivity index (χ0v) is 15.9. The van der Waals surface area contributed by atoms with E-state index in [1.54, 1.807) is 24.4 Å². The van der Waals surface area contributed by atoms with Crippen molar-refractivity contribution in [1.82, 2.24) is 15.0 Å². The fourth-order valence-electron chi connectivity index (χ4n) is 3.64. The Kier molecular flexibility index (Phi) is 4.26. The third-order valence-electron chi connectivity index (χ3n) is 5.07. The number of nitrogens with one attached hydrogen (secondary N) is 2. The summed E-state index contributed by atoms with van der Waals surface area (Å²) in [4.78, 5) is 12.1. The van der Waals surface area contributed by atoms with E-state index < -0.39 is 0 Å². The lowest BCUT2D eigenvalue weighted by molar-refractivity contribution is 0.460. The lowest BCUT2D eigenvalue weighted by Gasteiger charge is -2.12. The highest BCUT2D eigenvalue weighted by atomic mass is 16.3. The van der Waals surface area contributed by atoms with Crippen LogP contribution in [0.1, 0.15) is 11.3 Å². The van der Waals surface area contributed by atoms with Crippen molar-refractivity contribution in [2.24, 2.45) is 0 Å². The number of H-pyrrole nitrogens is 1. The van der Waals surface area contributed by atoms with Crippen molar-refractivity contribution in [3.8, 4) is 23.2 Å². The molecule has 3 N–H and O–H groups in total. The van der Waals surface area contributed by atoms with Crippen LogP contribution >= 0.6 is 0 Å². The van der Waals surface area contributed by atoms with Crippen LogP contribution in [0, 0.1) is 11.3 Å². The normalized spacial score (nSPS) is 10.9. The summed E-state index contributed by atoms with van der Waals surface area (Å²) in [6.45, 7) is 0.562. The molecule has 6 heteroatoms. The number of hydrogen-bond donors (Lipinski definition) is 3. The van der Waals surface area contributed by atoms with Gasteiger partial charge in [-0.2, -0.15) is 5.26 Å². The van der Waals surface area contributed by atoms with Crippen molar-refractivity contribution in [3.63, 3.8) is 0 Å². The lowest BCUT2D eigenvalue weighted by atomic mass is 10.0. The average Bonchev–Trinajstić information content (AvgIpc) is 3.12. The van der Waals surface area contributed by atoms with Crippen LogP contribution in [0.4, 0.5) is 5.69 Å². The lowest BCUT2D eigenvalue weighted by Crippen LogP contribution is -2.02. The quantitative estimate of drug-likeness (QED) is 0.402. The Morgan fingerprint density at radius 3 is 2.70 bits per heavy atom. The molecule has 0 unspecified atom stereocenters. The number of anilines is 1. The minimum atomic E-state index is 0.0264. The Balaban J connectivity index is 1.66. The van der Waals surface area contributed by atoms with Crippen LogP contribution in [0.15, 0.2) is 72.9 Å². The van der Waals surface area contributed by atoms with Crippen molar-refractivity contribution in [2.45, 2.75) is 6.54 Å². The maximum absolute atomic E-state index is 10.6. The molecule has 0 aliphatic rings. The Morgan fingerprint density at radius 2 is 1.87 bits per heavy atom. The van der Waals surface area contributed by atoms with Crippen LogP contribution in [-0.4, -0.2) is 20.1 Å². The van der Waals surface area contributed by atoms with Gasteiger partial charge in [-0.3, -0.25) is 4.98 Å². The predicted octanol–water partition coefficient (Wildman–Crippen LogP) is 4.97. The van der Waals surface area contributed by atoms with E-state index in [9.17, 15) is 10.4 Å². The van der Waals surface area contributed by atoms with Gasteiger partial charge in [0.15, 0.2) is 5.88 Å². The van der Waals surface area contributed by atoms with Gasteiger partial charge in [-0.15, -0.1) is 0 Å². The summed E-state index contributed by atoms with van der Waals surface area (Å²) in [5.74, 6) is 0.0264. The second kappa shape index (κ2) is 7.22. The van der Waals surface area contributed by atoms with Gasteiger partial charge < -0.3 is 15.4 Å². The number of pyridine rings is 2. The largest absolute Gasteiger partial charge is 0.494 e. The van der Waals surface area contributed by atoms with Crippen LogP contribution < -0.4 is 5.32 Å². The highest BCUT2D eigenvalue weighted by Crippen LogP contribution is 2.38. The van der Waals surface area contributed by atoms with Crippen LogP contribution in [0.25, 0.3) is 33.1 Å².